The number of nitrogens with one attached hydrogen (secondary N) is 2. The van der Waals surface area contributed by atoms with Gasteiger partial charge in [-0.3, -0.25) is 29.5 Å². The molecule has 4 aromatic rings. The number of aliphatic imine (C=N–C) groups is 1. The Labute approximate surface area is 353 Å². The quantitative estimate of drug-likeness (QED) is 0.226. The van der Waals surface area contributed by atoms with Crippen molar-refractivity contribution in [1.82, 2.24) is 29.9 Å². The number of amides is 4. The van der Waals surface area contributed by atoms with Crippen molar-refractivity contribution in [3.8, 4) is 17.1 Å². The highest BCUT2D eigenvalue weighted by Gasteiger charge is 2.35. The van der Waals surface area contributed by atoms with E-state index in [1.165, 1.54) is 12.1 Å². The highest BCUT2D eigenvalue weighted by atomic mass is 19.1. The number of guanidine groups is 1. The Kier molecular flexibility index (Phi) is 11.7. The van der Waals surface area contributed by atoms with Crippen LogP contribution >= 0.6 is 0 Å². The summed E-state index contributed by atoms with van der Waals surface area (Å²) in [6.07, 6.45) is 4.56. The summed E-state index contributed by atoms with van der Waals surface area (Å²) in [5.74, 6) is -2.98. The average Bonchev–Trinajstić information content (AvgIpc) is 3.76. The molecule has 2 bridgehead atoms. The standard InChI is InChI=1S/C45H51F2N9O5/c1-25-7-6-16-61-44-32(22-48-54(44)5)36-20-30(17-27(3)49-36)41(58)52-45-50-35-10-8-29(21-38(35)56(45)23-25)43(60)53(4)37-13-15-55(24-26(37)2)14-12-28-18-33(46)40(34(47)19-28)31-9-11-39(57)51-42(31)59/h8,10,17-22,25-26,31,37H,6-7,9,11-16,23-24H2,1-5H3,(H,50,52,58)(H,51,57,59)/t25-,26-,31-,37+/m1/s1. The van der Waals surface area contributed by atoms with Crippen LogP contribution in [0, 0.1) is 30.4 Å². The summed E-state index contributed by atoms with van der Waals surface area (Å²) < 4.78 is 38.2. The Morgan fingerprint density at radius 1 is 1.00 bits per heavy atom. The number of ether oxygens (including phenoxy) is 1. The first-order valence-electron chi connectivity index (χ1n) is 21.0. The molecule has 2 N–H and O–H groups in total. The zero-order valence-electron chi connectivity index (χ0n) is 35.1. The number of imide groups is 1. The van der Waals surface area contributed by atoms with E-state index in [0.29, 0.717) is 84.7 Å². The highest BCUT2D eigenvalue weighted by molar-refractivity contribution is 6.19. The van der Waals surface area contributed by atoms with E-state index in [1.54, 1.807) is 29.1 Å². The minimum atomic E-state index is -1.03. The monoisotopic (exact) mass is 835 g/mol. The predicted molar refractivity (Wildman–Crippen MR) is 226 cm³/mol. The van der Waals surface area contributed by atoms with Gasteiger partial charge >= 0.3 is 0 Å². The third-order valence-corrected chi connectivity index (χ3v) is 12.4. The molecular formula is C45H51F2N9O5. The van der Waals surface area contributed by atoms with Gasteiger partial charge in [-0.2, -0.15) is 10.1 Å². The number of aryl methyl sites for hydroxylation is 2. The molecule has 2 aromatic carbocycles. The summed E-state index contributed by atoms with van der Waals surface area (Å²) in [4.78, 5) is 67.2. The number of pyridine rings is 1. The summed E-state index contributed by atoms with van der Waals surface area (Å²) in [6, 6.07) is 11.5. The zero-order valence-corrected chi connectivity index (χ0v) is 35.1. The van der Waals surface area contributed by atoms with Gasteiger partial charge in [-0.15, -0.1) is 0 Å². The number of hydrogen-bond donors (Lipinski definition) is 2. The van der Waals surface area contributed by atoms with Gasteiger partial charge in [0.25, 0.3) is 11.8 Å². The van der Waals surface area contributed by atoms with Crippen LogP contribution in [-0.2, 0) is 23.1 Å². The van der Waals surface area contributed by atoms with Crippen LogP contribution in [0.4, 0.5) is 20.2 Å². The van der Waals surface area contributed by atoms with E-state index in [4.69, 9.17) is 4.74 Å². The van der Waals surface area contributed by atoms with Gasteiger partial charge in [-0.05, 0) is 98.9 Å². The second kappa shape index (κ2) is 17.1. The fraction of sp³-hybridized carbons (Fsp3) is 0.444. The van der Waals surface area contributed by atoms with Crippen molar-refractivity contribution >= 4 is 41.0 Å². The number of fused-ring (bicyclic) bond motifs is 7. The van der Waals surface area contributed by atoms with Crippen LogP contribution in [-0.4, -0.2) is 100 Å². The van der Waals surface area contributed by atoms with Gasteiger partial charge in [0, 0.05) is 75.1 Å². The number of piperidine rings is 2. The fourth-order valence-electron chi connectivity index (χ4n) is 9.16. The zero-order chi connectivity index (χ0) is 43.1. The number of nitrogens with zero attached hydrogens (tertiary/aromatic N) is 7. The lowest BCUT2D eigenvalue weighted by Crippen LogP contribution is -2.51. The molecule has 8 rings (SSSR count). The lowest BCUT2D eigenvalue weighted by molar-refractivity contribution is -0.134. The van der Waals surface area contributed by atoms with E-state index < -0.39 is 35.3 Å². The Balaban J connectivity index is 0.944. The van der Waals surface area contributed by atoms with E-state index in [0.717, 1.165) is 30.6 Å². The Bertz CT molecular complexity index is 2410. The minimum absolute atomic E-state index is 0.0365. The van der Waals surface area contributed by atoms with Gasteiger partial charge in [0.1, 0.15) is 11.6 Å². The number of halogens is 2. The number of hydrogen-bond acceptors (Lipinski definition) is 10. The number of aromatic nitrogens is 3. The lowest BCUT2D eigenvalue weighted by Gasteiger charge is -2.41. The van der Waals surface area contributed by atoms with E-state index in [-0.39, 0.29) is 42.2 Å². The van der Waals surface area contributed by atoms with Crippen molar-refractivity contribution in [3.05, 3.63) is 88.2 Å². The van der Waals surface area contributed by atoms with Crippen LogP contribution in [0.5, 0.6) is 5.88 Å². The molecule has 4 amide bonds. The highest BCUT2D eigenvalue weighted by Crippen LogP contribution is 2.37. The molecule has 320 valence electrons. The van der Waals surface area contributed by atoms with Gasteiger partial charge in [0.15, 0.2) is 0 Å². The van der Waals surface area contributed by atoms with E-state index in [2.05, 4.69) is 44.5 Å². The van der Waals surface area contributed by atoms with Crippen LogP contribution in [0.25, 0.3) is 11.3 Å². The second-order valence-electron chi connectivity index (χ2n) is 17.0. The molecule has 0 aliphatic carbocycles. The van der Waals surface area contributed by atoms with Crippen molar-refractivity contribution in [2.24, 2.45) is 23.9 Å². The lowest BCUT2D eigenvalue weighted by atomic mass is 9.88. The Morgan fingerprint density at radius 2 is 1.79 bits per heavy atom. The molecule has 0 radical (unpaired) electrons. The number of carbonyl (C=O) groups is 4. The number of rotatable bonds is 6. The molecular weight excluding hydrogens is 785 g/mol. The molecule has 14 nitrogen and oxygen atoms in total. The molecule has 4 aliphatic heterocycles. The maximum atomic E-state index is 15.2. The van der Waals surface area contributed by atoms with Gasteiger partial charge in [-0.1, -0.05) is 13.8 Å². The van der Waals surface area contributed by atoms with Gasteiger partial charge in [-0.25, -0.2) is 13.5 Å². The van der Waals surface area contributed by atoms with Crippen LogP contribution in [0.3, 0.4) is 0 Å². The van der Waals surface area contributed by atoms with Crippen LogP contribution in [0.1, 0.15) is 89.4 Å². The van der Waals surface area contributed by atoms with Crippen LogP contribution in [0.15, 0.2) is 53.7 Å². The van der Waals surface area contributed by atoms with Crippen LogP contribution in [0.2, 0.25) is 0 Å². The number of likely N-dealkylation sites (tertiary alicyclic amines) is 1. The first-order chi connectivity index (χ1) is 29.2. The molecule has 0 unspecified atom stereocenters. The van der Waals surface area contributed by atoms with Crippen molar-refractivity contribution < 1.29 is 32.7 Å². The molecule has 4 atom stereocenters. The molecule has 16 heteroatoms. The molecule has 0 spiro atoms. The topological polar surface area (TPSA) is 154 Å². The maximum absolute atomic E-state index is 15.2. The fourth-order valence-corrected chi connectivity index (χ4v) is 9.16. The third-order valence-electron chi connectivity index (χ3n) is 12.4. The normalized spacial score (nSPS) is 23.0. The third kappa shape index (κ3) is 8.63. The molecule has 4 aliphatic rings. The van der Waals surface area contributed by atoms with E-state index >= 15 is 8.78 Å². The van der Waals surface area contributed by atoms with E-state index in [9.17, 15) is 19.2 Å². The predicted octanol–water partition coefficient (Wildman–Crippen LogP) is 5.85. The second-order valence-corrected chi connectivity index (χ2v) is 17.0. The van der Waals surface area contributed by atoms with Crippen molar-refractivity contribution in [1.29, 1.82) is 0 Å². The van der Waals surface area contributed by atoms with Crippen molar-refractivity contribution in [2.45, 2.75) is 71.3 Å². The minimum Gasteiger partial charge on any atom is -0.477 e. The molecule has 2 saturated heterocycles. The first kappa shape index (κ1) is 41.7. The SMILES string of the molecule is Cc1cc2cc(n1)-c1cnn(C)c1OCCC[C@@H](C)CN1/C(=N/C2=O)Nc2ccc(C(=O)N(C)[C@H]3CCN(CCc4cc(F)c([C@H]5CCC(=O)NC5=O)c(F)c4)C[C@H]3C)cc21. The summed E-state index contributed by atoms with van der Waals surface area (Å²) in [5, 5.41) is 9.90. The van der Waals surface area contributed by atoms with Crippen molar-refractivity contribution in [3.63, 3.8) is 0 Å². The number of anilines is 2. The number of benzene rings is 2. The molecule has 2 aromatic heterocycles. The van der Waals surface area contributed by atoms with Crippen LogP contribution < -0.4 is 20.3 Å². The molecule has 6 heterocycles. The van der Waals surface area contributed by atoms with Crippen molar-refractivity contribution in [2.75, 3.05) is 50.1 Å². The van der Waals surface area contributed by atoms with Gasteiger partial charge in [0.2, 0.25) is 23.7 Å². The molecule has 61 heavy (non-hydrogen) atoms. The molecule has 2 fully saturated rings. The van der Waals surface area contributed by atoms with Gasteiger partial charge < -0.3 is 24.8 Å². The Hall–Kier alpha value is -6.03. The summed E-state index contributed by atoms with van der Waals surface area (Å²) in [5.41, 5.74) is 4.55. The number of carbonyl (C=O) groups excluding carboxylic acids is 4. The summed E-state index contributed by atoms with van der Waals surface area (Å²) in [6.45, 7) is 9.09. The largest absolute Gasteiger partial charge is 0.477 e. The maximum Gasteiger partial charge on any atom is 0.280 e. The first-order valence-corrected chi connectivity index (χ1v) is 21.0. The molecule has 0 saturated carbocycles. The summed E-state index contributed by atoms with van der Waals surface area (Å²) in [7, 11) is 3.65. The Morgan fingerprint density at radius 3 is 2.54 bits per heavy atom. The smallest absolute Gasteiger partial charge is 0.280 e. The summed E-state index contributed by atoms with van der Waals surface area (Å²) >= 11 is 0. The van der Waals surface area contributed by atoms with E-state index in [1.807, 2.05) is 43.0 Å². The van der Waals surface area contributed by atoms with Gasteiger partial charge in [0.05, 0.1) is 41.4 Å². The average molecular weight is 836 g/mol.